The maximum atomic E-state index is 13.2. The van der Waals surface area contributed by atoms with Crippen LogP contribution < -0.4 is 10.1 Å². The minimum Gasteiger partial charge on any atom is -0.467 e. The standard InChI is InChI=1S/C22H29N3O5/c26-19-12-28-14-22(24-19)8-2-10-25-18(22)11-29-16-6-4-15(5-7-16)17-3-1-9-23-21(17)30-13-20(25)27/h1,3,9,15-16,18H,2,4-8,10-14H2,(H,24,26)/t15-,16+,18-,22+/m0/s1. The molecule has 6 rings (SSSR count). The summed E-state index contributed by atoms with van der Waals surface area (Å²) in [4.78, 5) is 31.6. The van der Waals surface area contributed by atoms with Crippen LogP contribution in [0.1, 0.15) is 50.0 Å². The predicted octanol–water partition coefficient (Wildman–Crippen LogP) is 1.39. The van der Waals surface area contributed by atoms with Gasteiger partial charge in [-0.1, -0.05) is 6.07 Å². The van der Waals surface area contributed by atoms with Gasteiger partial charge < -0.3 is 24.4 Å². The molecule has 30 heavy (non-hydrogen) atoms. The Morgan fingerprint density at radius 1 is 1.17 bits per heavy atom. The zero-order valence-corrected chi connectivity index (χ0v) is 17.2. The molecule has 0 aromatic carbocycles. The van der Waals surface area contributed by atoms with E-state index in [4.69, 9.17) is 14.2 Å². The Kier molecular flexibility index (Phi) is 5.37. The van der Waals surface area contributed by atoms with E-state index in [-0.39, 0.29) is 37.2 Å². The molecular weight excluding hydrogens is 386 g/mol. The summed E-state index contributed by atoms with van der Waals surface area (Å²) >= 11 is 0. The fourth-order valence-electron chi connectivity index (χ4n) is 5.54. The number of ether oxygens (including phenoxy) is 3. The van der Waals surface area contributed by atoms with Crippen LogP contribution in [0.15, 0.2) is 18.3 Å². The molecule has 8 nitrogen and oxygen atoms in total. The lowest BCUT2D eigenvalue weighted by Gasteiger charge is -2.51. The zero-order valence-electron chi connectivity index (χ0n) is 17.2. The number of carbonyl (C=O) groups excluding carboxylic acids is 2. The summed E-state index contributed by atoms with van der Waals surface area (Å²) < 4.78 is 17.9. The van der Waals surface area contributed by atoms with Gasteiger partial charge in [0, 0.05) is 18.3 Å². The van der Waals surface area contributed by atoms with Crippen molar-refractivity contribution < 1.29 is 23.8 Å². The SMILES string of the molecule is O=C1COC[C@@]2(CCCN3C(=O)COc4ncccc4[C@H]4CC[C@H](CC4)OC[C@H]32)N1. The van der Waals surface area contributed by atoms with E-state index < -0.39 is 5.54 Å². The first-order valence-electron chi connectivity index (χ1n) is 11.0. The number of piperidine rings is 1. The van der Waals surface area contributed by atoms with Crippen LogP contribution in [0.25, 0.3) is 0 Å². The minimum absolute atomic E-state index is 0.0679. The zero-order chi connectivity index (χ0) is 20.6. The smallest absolute Gasteiger partial charge is 0.260 e. The quantitative estimate of drug-likeness (QED) is 0.689. The second-order valence-electron chi connectivity index (χ2n) is 8.90. The molecule has 1 spiro atoms. The molecule has 1 saturated carbocycles. The molecule has 2 atom stereocenters. The van der Waals surface area contributed by atoms with Crippen LogP contribution in [0.2, 0.25) is 0 Å². The third kappa shape index (κ3) is 3.67. The van der Waals surface area contributed by atoms with E-state index in [1.165, 1.54) is 0 Å². The molecule has 1 aromatic rings. The maximum Gasteiger partial charge on any atom is 0.260 e. The van der Waals surface area contributed by atoms with Crippen LogP contribution in [-0.4, -0.2) is 72.4 Å². The maximum absolute atomic E-state index is 13.2. The summed E-state index contributed by atoms with van der Waals surface area (Å²) in [6, 6.07) is 3.72. The molecular formula is C22H29N3O5. The molecule has 1 aliphatic carbocycles. The molecule has 0 radical (unpaired) electrons. The minimum atomic E-state index is -0.600. The van der Waals surface area contributed by atoms with Crippen molar-refractivity contribution in [2.45, 2.75) is 62.1 Å². The van der Waals surface area contributed by atoms with Gasteiger partial charge in [0.25, 0.3) is 5.91 Å². The highest BCUT2D eigenvalue weighted by atomic mass is 16.5. The van der Waals surface area contributed by atoms with Gasteiger partial charge in [-0.15, -0.1) is 0 Å². The normalized spacial score (nSPS) is 34.7. The van der Waals surface area contributed by atoms with Crippen LogP contribution in [-0.2, 0) is 19.1 Å². The first kappa shape index (κ1) is 19.8. The Balaban J connectivity index is 1.46. The van der Waals surface area contributed by atoms with Gasteiger partial charge in [0.05, 0.1) is 30.9 Å². The van der Waals surface area contributed by atoms with E-state index >= 15 is 0 Å². The van der Waals surface area contributed by atoms with Crippen molar-refractivity contribution in [2.24, 2.45) is 0 Å². The Bertz CT molecular complexity index is 806. The third-order valence-corrected chi connectivity index (χ3v) is 7.07. The number of aromatic nitrogens is 1. The van der Waals surface area contributed by atoms with E-state index in [9.17, 15) is 9.59 Å². The van der Waals surface area contributed by atoms with Gasteiger partial charge in [-0.25, -0.2) is 4.98 Å². The predicted molar refractivity (Wildman–Crippen MR) is 107 cm³/mol. The van der Waals surface area contributed by atoms with E-state index in [1.807, 2.05) is 11.0 Å². The lowest BCUT2D eigenvalue weighted by atomic mass is 9.80. The van der Waals surface area contributed by atoms with E-state index in [0.29, 0.717) is 31.6 Å². The number of fused-ring (bicyclic) bond motifs is 5. The fraction of sp³-hybridized carbons (Fsp3) is 0.682. The monoisotopic (exact) mass is 415 g/mol. The van der Waals surface area contributed by atoms with Crippen molar-refractivity contribution in [1.82, 2.24) is 15.2 Å². The van der Waals surface area contributed by atoms with E-state index in [1.54, 1.807) is 6.20 Å². The molecule has 1 N–H and O–H groups in total. The number of carbonyl (C=O) groups is 2. The van der Waals surface area contributed by atoms with Crippen LogP contribution in [0, 0.1) is 0 Å². The molecule has 4 aliphatic heterocycles. The van der Waals surface area contributed by atoms with Gasteiger partial charge in [0.15, 0.2) is 6.61 Å². The Labute approximate surface area is 176 Å². The van der Waals surface area contributed by atoms with Crippen molar-refractivity contribution >= 4 is 11.8 Å². The van der Waals surface area contributed by atoms with Gasteiger partial charge in [0.1, 0.15) is 6.61 Å². The third-order valence-electron chi connectivity index (χ3n) is 7.07. The van der Waals surface area contributed by atoms with Crippen molar-refractivity contribution in [3.8, 4) is 5.88 Å². The number of amides is 2. The Hall–Kier alpha value is -2.19. The average Bonchev–Trinajstić information content (AvgIpc) is 2.78. The molecule has 8 heteroatoms. The molecule has 162 valence electrons. The van der Waals surface area contributed by atoms with Crippen molar-refractivity contribution in [2.75, 3.05) is 33.0 Å². The van der Waals surface area contributed by atoms with Gasteiger partial charge in [0.2, 0.25) is 11.8 Å². The Morgan fingerprint density at radius 2 is 2.03 bits per heavy atom. The summed E-state index contributed by atoms with van der Waals surface area (Å²) in [6.45, 7) is 1.42. The molecule has 5 aliphatic rings. The largest absolute Gasteiger partial charge is 0.467 e. The lowest BCUT2D eigenvalue weighted by molar-refractivity contribution is -0.156. The molecule has 2 amide bonds. The molecule has 0 unspecified atom stereocenters. The summed E-state index contributed by atoms with van der Waals surface area (Å²) in [6.07, 6.45) is 7.41. The second kappa shape index (κ2) is 8.15. The first-order chi connectivity index (χ1) is 14.6. The summed E-state index contributed by atoms with van der Waals surface area (Å²) in [5, 5.41) is 3.14. The van der Waals surface area contributed by atoms with Crippen LogP contribution >= 0.6 is 0 Å². The number of pyridine rings is 1. The average molecular weight is 415 g/mol. The lowest BCUT2D eigenvalue weighted by Crippen LogP contribution is -2.72. The number of hydrogen-bond donors (Lipinski definition) is 1. The summed E-state index contributed by atoms with van der Waals surface area (Å²) in [5.74, 6) is 0.704. The van der Waals surface area contributed by atoms with Gasteiger partial charge in [-0.05, 0) is 50.5 Å². The highest BCUT2D eigenvalue weighted by Gasteiger charge is 2.49. The van der Waals surface area contributed by atoms with Gasteiger partial charge in [-0.2, -0.15) is 0 Å². The fourth-order valence-corrected chi connectivity index (χ4v) is 5.54. The topological polar surface area (TPSA) is 90.0 Å². The number of rotatable bonds is 0. The summed E-state index contributed by atoms with van der Waals surface area (Å²) in [7, 11) is 0. The number of morpholine rings is 1. The number of nitrogens with one attached hydrogen (secondary N) is 1. The highest BCUT2D eigenvalue weighted by molar-refractivity contribution is 5.81. The Morgan fingerprint density at radius 3 is 2.87 bits per heavy atom. The van der Waals surface area contributed by atoms with Crippen LogP contribution in [0.3, 0.4) is 0 Å². The van der Waals surface area contributed by atoms with Crippen molar-refractivity contribution in [3.63, 3.8) is 0 Å². The summed E-state index contributed by atoms with van der Waals surface area (Å²) in [5.41, 5.74) is 0.485. The highest BCUT2D eigenvalue weighted by Crippen LogP contribution is 2.39. The van der Waals surface area contributed by atoms with E-state index in [0.717, 1.165) is 44.1 Å². The van der Waals surface area contributed by atoms with Crippen molar-refractivity contribution in [1.29, 1.82) is 0 Å². The second-order valence-corrected chi connectivity index (χ2v) is 8.90. The molecule has 2 saturated heterocycles. The van der Waals surface area contributed by atoms with Crippen LogP contribution in [0.4, 0.5) is 0 Å². The van der Waals surface area contributed by atoms with Gasteiger partial charge in [-0.3, -0.25) is 9.59 Å². The number of hydrogen-bond acceptors (Lipinski definition) is 6. The van der Waals surface area contributed by atoms with E-state index in [2.05, 4.69) is 16.4 Å². The number of nitrogens with zero attached hydrogens (tertiary/aromatic N) is 2. The first-order valence-corrected chi connectivity index (χ1v) is 11.0. The molecule has 3 fully saturated rings. The molecule has 5 heterocycles. The van der Waals surface area contributed by atoms with Gasteiger partial charge >= 0.3 is 0 Å². The molecule has 1 aromatic heterocycles. The van der Waals surface area contributed by atoms with Crippen LogP contribution in [0.5, 0.6) is 5.88 Å². The molecule has 2 bridgehead atoms. The van der Waals surface area contributed by atoms with Crippen molar-refractivity contribution in [3.05, 3.63) is 23.9 Å².